The molecule has 0 radical (unpaired) electrons. The second-order valence-corrected chi connectivity index (χ2v) is 7.85. The number of anilines is 1. The Bertz CT molecular complexity index is 1480. The minimum Gasteiger partial charge on any atom is -0.321 e. The highest BCUT2D eigenvalue weighted by atomic mass is 16.2. The Balaban J connectivity index is 1.70. The molecule has 1 aliphatic rings. The van der Waals surface area contributed by atoms with Crippen LogP contribution >= 0.6 is 0 Å². The van der Waals surface area contributed by atoms with Crippen molar-refractivity contribution in [2.24, 2.45) is 0 Å². The Morgan fingerprint density at radius 3 is 2.81 bits per heavy atom. The molecule has 3 aromatic heterocycles. The number of rotatable bonds is 4. The molecule has 0 bridgehead atoms. The molecule has 0 spiro atoms. The SMILES string of the molecule is CCn1c(=O)[nH]c(=O)c2c(C(=O)Nc3ccc(C)c4ncccc34)cc(C3CC3)nc21. The van der Waals surface area contributed by atoms with Crippen LogP contribution in [0.25, 0.3) is 21.9 Å². The molecule has 0 unspecified atom stereocenters. The van der Waals surface area contributed by atoms with E-state index in [-0.39, 0.29) is 22.5 Å². The third kappa shape index (κ3) is 3.20. The van der Waals surface area contributed by atoms with Gasteiger partial charge in [0, 0.05) is 29.7 Å². The fourth-order valence-corrected chi connectivity index (χ4v) is 3.97. The zero-order valence-corrected chi connectivity index (χ0v) is 17.2. The third-order valence-corrected chi connectivity index (χ3v) is 5.74. The summed E-state index contributed by atoms with van der Waals surface area (Å²) in [5.74, 6) is -0.171. The van der Waals surface area contributed by atoms with Crippen molar-refractivity contribution in [1.82, 2.24) is 19.5 Å². The summed E-state index contributed by atoms with van der Waals surface area (Å²) >= 11 is 0. The van der Waals surface area contributed by atoms with Crippen LogP contribution in [-0.4, -0.2) is 25.4 Å². The Labute approximate surface area is 177 Å². The molecule has 3 heterocycles. The first-order valence-corrected chi connectivity index (χ1v) is 10.3. The van der Waals surface area contributed by atoms with Gasteiger partial charge in [-0.15, -0.1) is 0 Å². The summed E-state index contributed by atoms with van der Waals surface area (Å²) in [5.41, 5.74) is 2.48. The van der Waals surface area contributed by atoms with E-state index < -0.39 is 17.2 Å². The van der Waals surface area contributed by atoms with E-state index in [1.807, 2.05) is 31.2 Å². The number of pyridine rings is 2. The summed E-state index contributed by atoms with van der Waals surface area (Å²) in [5, 5.41) is 3.88. The quantitative estimate of drug-likeness (QED) is 0.532. The Morgan fingerprint density at radius 1 is 1.26 bits per heavy atom. The van der Waals surface area contributed by atoms with Crippen molar-refractivity contribution in [3.63, 3.8) is 0 Å². The number of amides is 1. The zero-order chi connectivity index (χ0) is 21.7. The van der Waals surface area contributed by atoms with Gasteiger partial charge in [-0.2, -0.15) is 0 Å². The molecule has 8 heteroatoms. The summed E-state index contributed by atoms with van der Waals surface area (Å²) in [6.45, 7) is 4.10. The second kappa shape index (κ2) is 7.16. The average molecular weight is 415 g/mol. The molecule has 0 aliphatic heterocycles. The second-order valence-electron chi connectivity index (χ2n) is 7.85. The van der Waals surface area contributed by atoms with Gasteiger partial charge in [0.1, 0.15) is 0 Å². The lowest BCUT2D eigenvalue weighted by Gasteiger charge is -2.14. The molecule has 2 N–H and O–H groups in total. The molecular formula is C23H21N5O3. The number of nitrogens with one attached hydrogen (secondary N) is 2. The average Bonchev–Trinajstić information content (AvgIpc) is 3.61. The molecule has 1 saturated carbocycles. The zero-order valence-electron chi connectivity index (χ0n) is 17.2. The molecule has 1 fully saturated rings. The van der Waals surface area contributed by atoms with E-state index in [1.165, 1.54) is 4.57 Å². The minimum absolute atomic E-state index is 0.123. The number of carbonyl (C=O) groups excluding carboxylic acids is 1. The van der Waals surface area contributed by atoms with E-state index in [9.17, 15) is 14.4 Å². The highest BCUT2D eigenvalue weighted by molar-refractivity contribution is 6.14. The molecule has 1 aliphatic carbocycles. The maximum Gasteiger partial charge on any atom is 0.329 e. The number of H-pyrrole nitrogens is 1. The predicted molar refractivity (Wildman–Crippen MR) is 119 cm³/mol. The smallest absolute Gasteiger partial charge is 0.321 e. The van der Waals surface area contributed by atoms with Gasteiger partial charge in [0.2, 0.25) is 0 Å². The number of benzene rings is 1. The number of aromatic nitrogens is 4. The largest absolute Gasteiger partial charge is 0.329 e. The van der Waals surface area contributed by atoms with Crippen molar-refractivity contribution in [2.45, 2.75) is 39.2 Å². The lowest BCUT2D eigenvalue weighted by atomic mass is 10.1. The van der Waals surface area contributed by atoms with Crippen molar-refractivity contribution in [2.75, 3.05) is 5.32 Å². The Morgan fingerprint density at radius 2 is 2.06 bits per heavy atom. The molecule has 8 nitrogen and oxygen atoms in total. The molecule has 1 aromatic carbocycles. The summed E-state index contributed by atoms with van der Waals surface area (Å²) in [4.78, 5) is 49.7. The molecule has 4 aromatic rings. The summed E-state index contributed by atoms with van der Waals surface area (Å²) in [7, 11) is 0. The fourth-order valence-electron chi connectivity index (χ4n) is 3.97. The van der Waals surface area contributed by atoms with Crippen molar-refractivity contribution >= 4 is 33.5 Å². The van der Waals surface area contributed by atoms with Crippen LogP contribution in [0.4, 0.5) is 5.69 Å². The summed E-state index contributed by atoms with van der Waals surface area (Å²) in [6.07, 6.45) is 3.67. The Hall–Kier alpha value is -3.81. The predicted octanol–water partition coefficient (Wildman–Crippen LogP) is 3.09. The summed E-state index contributed by atoms with van der Waals surface area (Å²) in [6, 6.07) is 9.12. The Kier molecular flexibility index (Phi) is 4.43. The van der Waals surface area contributed by atoms with Crippen LogP contribution in [-0.2, 0) is 6.54 Å². The van der Waals surface area contributed by atoms with Crippen LogP contribution in [0, 0.1) is 6.92 Å². The number of aryl methyl sites for hydroxylation is 2. The van der Waals surface area contributed by atoms with E-state index in [2.05, 4.69) is 20.3 Å². The van der Waals surface area contributed by atoms with Crippen LogP contribution in [0.1, 0.15) is 47.3 Å². The van der Waals surface area contributed by atoms with Gasteiger partial charge in [0.15, 0.2) is 5.65 Å². The first kappa shape index (κ1) is 19.2. The topological polar surface area (TPSA) is 110 Å². The molecule has 156 valence electrons. The van der Waals surface area contributed by atoms with E-state index >= 15 is 0 Å². The fraction of sp³-hybridized carbons (Fsp3) is 0.261. The number of carbonyl (C=O) groups is 1. The maximum atomic E-state index is 13.4. The van der Waals surface area contributed by atoms with Crippen molar-refractivity contribution in [3.8, 4) is 0 Å². The van der Waals surface area contributed by atoms with Crippen LogP contribution < -0.4 is 16.6 Å². The van der Waals surface area contributed by atoms with Gasteiger partial charge in [0.25, 0.3) is 11.5 Å². The van der Waals surface area contributed by atoms with Gasteiger partial charge in [-0.3, -0.25) is 24.1 Å². The number of aromatic amines is 1. The first-order valence-electron chi connectivity index (χ1n) is 10.3. The van der Waals surface area contributed by atoms with E-state index in [0.29, 0.717) is 12.2 Å². The number of fused-ring (bicyclic) bond motifs is 2. The third-order valence-electron chi connectivity index (χ3n) is 5.74. The van der Waals surface area contributed by atoms with Crippen molar-refractivity contribution in [1.29, 1.82) is 0 Å². The highest BCUT2D eigenvalue weighted by Gasteiger charge is 2.28. The lowest BCUT2D eigenvalue weighted by Crippen LogP contribution is -2.32. The van der Waals surface area contributed by atoms with Gasteiger partial charge in [-0.25, -0.2) is 9.78 Å². The van der Waals surface area contributed by atoms with Gasteiger partial charge < -0.3 is 5.32 Å². The van der Waals surface area contributed by atoms with Crippen LogP contribution in [0.5, 0.6) is 0 Å². The number of hydrogen-bond donors (Lipinski definition) is 2. The molecule has 0 atom stereocenters. The van der Waals surface area contributed by atoms with Crippen LogP contribution in [0.3, 0.4) is 0 Å². The molecule has 31 heavy (non-hydrogen) atoms. The first-order chi connectivity index (χ1) is 15.0. The minimum atomic E-state index is -0.611. The molecule has 5 rings (SSSR count). The van der Waals surface area contributed by atoms with Crippen LogP contribution in [0.2, 0.25) is 0 Å². The monoisotopic (exact) mass is 415 g/mol. The standard InChI is InChI=1S/C23H21N5O3/c1-3-28-20-18(22(30)27-23(28)31)15(11-17(25-20)13-7-8-13)21(29)26-16-9-6-12(2)19-14(16)5-4-10-24-19/h4-6,9-11,13H,3,7-8H2,1-2H3,(H,26,29)(H,27,30,31). The normalized spacial score (nSPS) is 13.6. The number of hydrogen-bond acceptors (Lipinski definition) is 5. The summed E-state index contributed by atoms with van der Waals surface area (Å²) < 4.78 is 1.39. The van der Waals surface area contributed by atoms with Crippen LogP contribution in [0.15, 0.2) is 46.1 Å². The van der Waals surface area contributed by atoms with E-state index in [0.717, 1.165) is 35.0 Å². The van der Waals surface area contributed by atoms with Crippen molar-refractivity contribution in [3.05, 3.63) is 74.2 Å². The van der Waals surface area contributed by atoms with Gasteiger partial charge in [-0.05, 0) is 56.5 Å². The highest BCUT2D eigenvalue weighted by Crippen LogP contribution is 2.40. The van der Waals surface area contributed by atoms with E-state index in [4.69, 9.17) is 0 Å². The van der Waals surface area contributed by atoms with Gasteiger partial charge in [-0.1, -0.05) is 6.07 Å². The van der Waals surface area contributed by atoms with E-state index in [1.54, 1.807) is 19.2 Å². The maximum absolute atomic E-state index is 13.4. The number of nitrogens with zero attached hydrogens (tertiary/aromatic N) is 3. The van der Waals surface area contributed by atoms with Gasteiger partial charge in [0.05, 0.1) is 22.2 Å². The molecule has 0 saturated heterocycles. The molecular weight excluding hydrogens is 394 g/mol. The lowest BCUT2D eigenvalue weighted by molar-refractivity contribution is 0.102. The molecule has 1 amide bonds. The van der Waals surface area contributed by atoms with Crippen molar-refractivity contribution < 1.29 is 4.79 Å². The van der Waals surface area contributed by atoms with Gasteiger partial charge >= 0.3 is 5.69 Å².